The van der Waals surface area contributed by atoms with E-state index in [4.69, 9.17) is 18.5 Å². The normalized spacial score (nSPS) is 14.1. The summed E-state index contributed by atoms with van der Waals surface area (Å²) in [5, 5.41) is 0. The number of ether oxygens (including phenoxy) is 2. The number of hydrogen-bond donors (Lipinski definition) is 1. The number of carbonyl (C=O) groups is 2. The summed E-state index contributed by atoms with van der Waals surface area (Å²) in [7, 11) is 1.43. The van der Waals surface area contributed by atoms with Crippen molar-refractivity contribution in [3.63, 3.8) is 0 Å². The lowest BCUT2D eigenvalue weighted by Crippen LogP contribution is -2.37. The number of nitrogens with zero attached hydrogens (tertiary/aromatic N) is 1. The van der Waals surface area contributed by atoms with Gasteiger partial charge in [0.1, 0.15) is 19.8 Å². The molecule has 0 fully saturated rings. The molecule has 10 heteroatoms. The fourth-order valence-electron chi connectivity index (χ4n) is 5.45. The van der Waals surface area contributed by atoms with E-state index in [0.29, 0.717) is 23.9 Å². The Kier molecular flexibility index (Phi) is 35.2. The largest absolute Gasteiger partial charge is 0.472 e. The fraction of sp³-hybridized carbons (Fsp3) is 0.773. The zero-order chi connectivity index (χ0) is 40.0. The van der Waals surface area contributed by atoms with Gasteiger partial charge in [-0.25, -0.2) is 4.57 Å². The number of carbonyl (C=O) groups excluding carboxylic acids is 2. The first-order chi connectivity index (χ1) is 26.0. The Balaban J connectivity index is 4.49. The molecule has 0 aliphatic carbocycles. The molecule has 0 aromatic rings. The Morgan fingerprint density at radius 2 is 1.04 bits per heavy atom. The Labute approximate surface area is 331 Å². The lowest BCUT2D eigenvalue weighted by Gasteiger charge is -2.24. The van der Waals surface area contributed by atoms with Gasteiger partial charge in [-0.15, -0.1) is 0 Å². The molecule has 0 aliphatic heterocycles. The minimum Gasteiger partial charge on any atom is -0.462 e. The van der Waals surface area contributed by atoms with Crippen LogP contribution in [0.5, 0.6) is 0 Å². The average Bonchev–Trinajstić information content (AvgIpc) is 3.12. The van der Waals surface area contributed by atoms with Gasteiger partial charge in [0.15, 0.2) is 6.10 Å². The van der Waals surface area contributed by atoms with Crippen LogP contribution in [0, 0.1) is 0 Å². The van der Waals surface area contributed by atoms with Crippen LogP contribution in [0.25, 0.3) is 0 Å². The molecule has 54 heavy (non-hydrogen) atoms. The van der Waals surface area contributed by atoms with E-state index in [0.717, 1.165) is 44.9 Å². The fourth-order valence-corrected chi connectivity index (χ4v) is 6.19. The van der Waals surface area contributed by atoms with E-state index in [2.05, 4.69) is 56.4 Å². The summed E-state index contributed by atoms with van der Waals surface area (Å²) in [4.78, 5) is 35.3. The highest BCUT2D eigenvalue weighted by Gasteiger charge is 2.27. The van der Waals surface area contributed by atoms with E-state index in [-0.39, 0.29) is 26.1 Å². The van der Waals surface area contributed by atoms with E-state index in [9.17, 15) is 19.0 Å². The number of esters is 2. The molecule has 314 valence electrons. The lowest BCUT2D eigenvalue weighted by molar-refractivity contribution is -0.870. The summed E-state index contributed by atoms with van der Waals surface area (Å²) in [6.45, 7) is 4.30. The second kappa shape index (κ2) is 36.6. The summed E-state index contributed by atoms with van der Waals surface area (Å²) in [5.74, 6) is -0.902. The third kappa shape index (κ3) is 39.7. The van der Waals surface area contributed by atoms with Gasteiger partial charge in [-0.3, -0.25) is 18.6 Å². The number of quaternary nitrogens is 1. The second-order valence-corrected chi connectivity index (χ2v) is 16.8. The molecule has 1 N–H and O–H groups in total. The van der Waals surface area contributed by atoms with Crippen LogP contribution in [0.1, 0.15) is 168 Å². The topological polar surface area (TPSA) is 108 Å². The molecule has 9 nitrogen and oxygen atoms in total. The summed E-state index contributed by atoms with van der Waals surface area (Å²) >= 11 is 0. The minimum absolute atomic E-state index is 0.0188. The summed E-state index contributed by atoms with van der Waals surface area (Å²) in [6.07, 6.45) is 41.7. The Morgan fingerprint density at radius 3 is 1.61 bits per heavy atom. The molecule has 0 heterocycles. The van der Waals surface area contributed by atoms with E-state index in [1.165, 1.54) is 83.5 Å². The summed E-state index contributed by atoms with van der Waals surface area (Å²) in [5.41, 5.74) is 0. The van der Waals surface area contributed by atoms with Crippen LogP contribution >= 0.6 is 7.82 Å². The van der Waals surface area contributed by atoms with Crippen molar-refractivity contribution in [1.29, 1.82) is 0 Å². The maximum absolute atomic E-state index is 12.6. The summed E-state index contributed by atoms with van der Waals surface area (Å²) < 4.78 is 34.2. The third-order valence-electron chi connectivity index (χ3n) is 8.84. The van der Waals surface area contributed by atoms with Gasteiger partial charge in [0.25, 0.3) is 0 Å². The SMILES string of the molecule is CCCCC/C=C/C/C=C/C/C=C/CCCCC(=O)OC[C@H](COP(=O)(O)OCC[N+](C)(C)C)OC(=O)CC/C=C/CCCCCCCCCCCCC. The highest BCUT2D eigenvalue weighted by Crippen LogP contribution is 2.43. The molecule has 0 radical (unpaired) electrons. The molecule has 0 aliphatic rings. The first-order valence-electron chi connectivity index (χ1n) is 21.4. The zero-order valence-electron chi connectivity index (χ0n) is 35.2. The number of allylic oxidation sites excluding steroid dienone is 8. The molecule has 0 bridgehead atoms. The van der Waals surface area contributed by atoms with Gasteiger partial charge in [-0.05, 0) is 64.2 Å². The number of unbranched alkanes of at least 4 members (excludes halogenated alkanes) is 16. The van der Waals surface area contributed by atoms with Crippen LogP contribution < -0.4 is 0 Å². The van der Waals surface area contributed by atoms with Crippen molar-refractivity contribution >= 4 is 19.8 Å². The molecule has 0 amide bonds. The van der Waals surface area contributed by atoms with Crippen molar-refractivity contribution in [3.8, 4) is 0 Å². The quantitative estimate of drug-likeness (QED) is 0.0217. The number of hydrogen-bond acceptors (Lipinski definition) is 7. The van der Waals surface area contributed by atoms with Crippen molar-refractivity contribution < 1.29 is 42.1 Å². The standard InChI is InChI=1S/C44H80NO8P/c1-6-8-10-12-14-16-18-20-22-24-26-28-30-32-34-36-43(46)50-40-42(41-52-54(48,49)51-39-38-45(3,4)5)53-44(47)37-35-33-31-29-27-25-23-21-19-17-15-13-11-9-7-2/h14,16,20,22,26,28,31,33,42H,6-13,15,17-19,21,23-25,27,29-30,32,34-41H2,1-5H3/p+1/b16-14+,22-20+,28-26+,33-31+/t42-/m1/s1. The maximum Gasteiger partial charge on any atom is 0.472 e. The summed E-state index contributed by atoms with van der Waals surface area (Å²) in [6, 6.07) is 0. The molecule has 1 unspecified atom stereocenters. The van der Waals surface area contributed by atoms with E-state index in [1.54, 1.807) is 0 Å². The first kappa shape index (κ1) is 52.0. The minimum atomic E-state index is -4.39. The molecule has 0 saturated carbocycles. The van der Waals surface area contributed by atoms with Gasteiger partial charge in [0.2, 0.25) is 0 Å². The number of likely N-dealkylation sites (N-methyl/N-ethyl adjacent to an activating group) is 1. The molecule has 0 saturated heterocycles. The molecular formula is C44H81NO8P+. The van der Waals surface area contributed by atoms with Crippen molar-refractivity contribution in [2.24, 2.45) is 0 Å². The molecule has 0 aromatic heterocycles. The van der Waals surface area contributed by atoms with Crippen molar-refractivity contribution in [3.05, 3.63) is 48.6 Å². The van der Waals surface area contributed by atoms with Crippen molar-refractivity contribution in [2.45, 2.75) is 174 Å². The van der Waals surface area contributed by atoms with Gasteiger partial charge < -0.3 is 18.9 Å². The van der Waals surface area contributed by atoms with E-state index in [1.807, 2.05) is 27.2 Å². The van der Waals surface area contributed by atoms with Crippen molar-refractivity contribution in [2.75, 3.05) is 47.5 Å². The highest BCUT2D eigenvalue weighted by molar-refractivity contribution is 7.47. The van der Waals surface area contributed by atoms with Crippen LogP contribution in [-0.2, 0) is 32.7 Å². The predicted octanol–water partition coefficient (Wildman–Crippen LogP) is 11.9. The lowest BCUT2D eigenvalue weighted by atomic mass is 10.1. The average molecular weight is 783 g/mol. The van der Waals surface area contributed by atoms with Crippen LogP contribution in [0.2, 0.25) is 0 Å². The number of rotatable bonds is 38. The van der Waals surface area contributed by atoms with E-state index < -0.39 is 32.5 Å². The first-order valence-corrected chi connectivity index (χ1v) is 22.9. The van der Waals surface area contributed by atoms with Gasteiger partial charge >= 0.3 is 19.8 Å². The zero-order valence-corrected chi connectivity index (χ0v) is 36.1. The number of phosphoric acid groups is 1. The second-order valence-electron chi connectivity index (χ2n) is 15.4. The number of phosphoric ester groups is 1. The van der Waals surface area contributed by atoms with Gasteiger partial charge in [0, 0.05) is 12.8 Å². The smallest absolute Gasteiger partial charge is 0.462 e. The highest BCUT2D eigenvalue weighted by atomic mass is 31.2. The van der Waals surface area contributed by atoms with Crippen LogP contribution in [0.3, 0.4) is 0 Å². The molecule has 0 rings (SSSR count). The van der Waals surface area contributed by atoms with Crippen molar-refractivity contribution in [1.82, 2.24) is 0 Å². The Morgan fingerprint density at radius 1 is 0.574 bits per heavy atom. The molecular weight excluding hydrogens is 701 g/mol. The van der Waals surface area contributed by atoms with Gasteiger partial charge in [-0.2, -0.15) is 0 Å². The van der Waals surface area contributed by atoms with Crippen LogP contribution in [-0.4, -0.2) is 74.9 Å². The van der Waals surface area contributed by atoms with Crippen LogP contribution in [0.15, 0.2) is 48.6 Å². The van der Waals surface area contributed by atoms with Crippen LogP contribution in [0.4, 0.5) is 0 Å². The Bertz CT molecular complexity index is 1070. The monoisotopic (exact) mass is 783 g/mol. The predicted molar refractivity (Wildman–Crippen MR) is 224 cm³/mol. The van der Waals surface area contributed by atoms with Gasteiger partial charge in [0.05, 0.1) is 27.7 Å². The van der Waals surface area contributed by atoms with E-state index >= 15 is 0 Å². The molecule has 0 spiro atoms. The van der Waals surface area contributed by atoms with Gasteiger partial charge in [-0.1, -0.05) is 140 Å². The molecule has 0 aromatic carbocycles. The maximum atomic E-state index is 12.6. The third-order valence-corrected chi connectivity index (χ3v) is 9.83. The molecule has 2 atom stereocenters. The Hall–Kier alpha value is -2.03.